The van der Waals surface area contributed by atoms with Crippen molar-refractivity contribution < 1.29 is 37.0 Å². The zero-order valence-electron chi connectivity index (χ0n) is 23.7. The van der Waals surface area contributed by atoms with E-state index in [1.165, 1.54) is 24.3 Å². The van der Waals surface area contributed by atoms with Crippen molar-refractivity contribution in [3.63, 3.8) is 0 Å². The number of carbonyl (C=O) groups is 2. The molecule has 1 aliphatic rings. The van der Waals surface area contributed by atoms with Crippen LogP contribution in [-0.2, 0) is 25.2 Å². The Morgan fingerprint density at radius 3 is 2.24 bits per heavy atom. The summed E-state index contributed by atoms with van der Waals surface area (Å²) in [6.07, 6.45) is -8.18. The van der Waals surface area contributed by atoms with E-state index in [2.05, 4.69) is 11.8 Å². The number of benzene rings is 1. The number of hydrogen-bond donors (Lipinski definition) is 0. The van der Waals surface area contributed by atoms with E-state index in [-0.39, 0.29) is 35.2 Å². The fraction of sp³-hybridized carbons (Fsp3) is 0.517. The highest BCUT2D eigenvalue weighted by atomic mass is 19.4. The van der Waals surface area contributed by atoms with Crippen LogP contribution in [0.4, 0.5) is 13.2 Å². The summed E-state index contributed by atoms with van der Waals surface area (Å²) in [5.74, 6) is 4.09. The lowest BCUT2D eigenvalue weighted by Crippen LogP contribution is -2.47. The van der Waals surface area contributed by atoms with Gasteiger partial charge in [0, 0.05) is 23.6 Å². The summed E-state index contributed by atoms with van der Waals surface area (Å²) in [4.78, 5) is 51.5. The Labute approximate surface area is 235 Å². The van der Waals surface area contributed by atoms with Crippen molar-refractivity contribution in [1.29, 1.82) is 0 Å². The Balaban J connectivity index is 2.03. The number of halogens is 3. The minimum Gasteiger partial charge on any atom is -0.462 e. The van der Waals surface area contributed by atoms with Gasteiger partial charge in [-0.2, -0.15) is 17.7 Å². The smallest absolute Gasteiger partial charge is 0.423 e. The number of esters is 1. The number of rotatable bonds is 6. The fourth-order valence-electron chi connectivity index (χ4n) is 3.88. The normalized spacial score (nSPS) is 19.4. The van der Waals surface area contributed by atoms with Gasteiger partial charge in [0.15, 0.2) is 0 Å². The molecule has 1 aromatic carbocycles. The maximum atomic E-state index is 13.9. The molecule has 12 heteroatoms. The predicted molar refractivity (Wildman–Crippen MR) is 142 cm³/mol. The second-order valence-corrected chi connectivity index (χ2v) is 11.7. The van der Waals surface area contributed by atoms with Crippen LogP contribution < -0.4 is 11.2 Å². The van der Waals surface area contributed by atoms with Crippen molar-refractivity contribution in [1.82, 2.24) is 9.13 Å². The molecule has 0 spiro atoms. The van der Waals surface area contributed by atoms with Gasteiger partial charge in [-0.3, -0.25) is 19.0 Å². The highest BCUT2D eigenvalue weighted by Gasteiger charge is 2.42. The zero-order valence-corrected chi connectivity index (χ0v) is 23.7. The van der Waals surface area contributed by atoms with Crippen LogP contribution in [0.1, 0.15) is 70.1 Å². The molecule has 0 aliphatic carbocycles. The number of aromatic nitrogens is 2. The van der Waals surface area contributed by atoms with Gasteiger partial charge in [0.1, 0.15) is 31.1 Å². The molecule has 3 atom stereocenters. The lowest BCUT2D eigenvalue weighted by Gasteiger charge is -2.22. The summed E-state index contributed by atoms with van der Waals surface area (Å²) in [6, 6.07) is 6.99. The highest BCUT2D eigenvalue weighted by Crippen LogP contribution is 2.32. The van der Waals surface area contributed by atoms with E-state index in [1.54, 1.807) is 26.8 Å². The average Bonchev–Trinajstić information content (AvgIpc) is 3.26. The first-order valence-corrected chi connectivity index (χ1v) is 12.9. The van der Waals surface area contributed by atoms with Crippen molar-refractivity contribution in [2.45, 2.75) is 72.6 Å². The Kier molecular flexibility index (Phi) is 9.35. The molecule has 1 aromatic heterocycles. The minimum atomic E-state index is -5.18. The third-order valence-corrected chi connectivity index (χ3v) is 5.96. The number of carbonyl (C=O) groups excluding carboxylic acids is 2. The lowest BCUT2D eigenvalue weighted by molar-refractivity contribution is -0.160. The zero-order chi connectivity index (χ0) is 30.8. The molecule has 2 aromatic rings. The molecule has 0 radical (unpaired) electrons. The summed E-state index contributed by atoms with van der Waals surface area (Å²) < 4.78 is 59.2. The predicted octanol–water partition coefficient (Wildman–Crippen LogP) is 4.03. The summed E-state index contributed by atoms with van der Waals surface area (Å²) in [5.41, 5.74) is -6.14. The first-order chi connectivity index (χ1) is 18.9. The summed E-state index contributed by atoms with van der Waals surface area (Å²) >= 11 is 0. The standard InChI is InChI=1S/C29H33F3N2O7/c1-27(2,3)13-10-14-39-20-15-22(41-21(20)17-40-25(37)28(4,5)6)33-16-19(29(30,31)32)24(36)34(26(33)38)23(35)18-11-8-7-9-12-18/h7-9,11-12,16,20-22H,14-15,17H2,1-6H3/t20-,21+,22+/m0/s1. The largest absolute Gasteiger partial charge is 0.462 e. The van der Waals surface area contributed by atoms with Gasteiger partial charge in [-0.25, -0.2) is 4.79 Å². The maximum Gasteiger partial charge on any atom is 0.423 e. The first kappa shape index (κ1) is 31.8. The van der Waals surface area contributed by atoms with Gasteiger partial charge in [-0.15, -0.1) is 0 Å². The molecular formula is C29H33F3N2O7. The molecule has 0 amide bonds. The van der Waals surface area contributed by atoms with Gasteiger partial charge < -0.3 is 14.2 Å². The van der Waals surface area contributed by atoms with Crippen molar-refractivity contribution in [3.8, 4) is 11.8 Å². The molecule has 9 nitrogen and oxygen atoms in total. The average molecular weight is 579 g/mol. The van der Waals surface area contributed by atoms with E-state index >= 15 is 0 Å². The Morgan fingerprint density at radius 1 is 1.05 bits per heavy atom. The van der Waals surface area contributed by atoms with Gasteiger partial charge in [-0.1, -0.05) is 30.0 Å². The van der Waals surface area contributed by atoms with Crippen molar-refractivity contribution in [2.24, 2.45) is 10.8 Å². The van der Waals surface area contributed by atoms with Crippen LogP contribution in [0.2, 0.25) is 0 Å². The van der Waals surface area contributed by atoms with Gasteiger partial charge in [-0.05, 0) is 53.7 Å². The molecule has 0 N–H and O–H groups in total. The highest BCUT2D eigenvalue weighted by molar-refractivity contribution is 5.95. The molecular weight excluding hydrogens is 545 g/mol. The van der Waals surface area contributed by atoms with E-state index in [9.17, 15) is 32.3 Å². The van der Waals surface area contributed by atoms with Crippen LogP contribution >= 0.6 is 0 Å². The topological polar surface area (TPSA) is 106 Å². The third kappa shape index (κ3) is 7.95. The monoisotopic (exact) mass is 578 g/mol. The van der Waals surface area contributed by atoms with Crippen LogP contribution in [0.15, 0.2) is 46.1 Å². The second-order valence-electron chi connectivity index (χ2n) is 11.7. The Morgan fingerprint density at radius 2 is 1.68 bits per heavy atom. The molecule has 0 bridgehead atoms. The molecule has 1 fully saturated rings. The number of hydrogen-bond acceptors (Lipinski definition) is 7. The second kappa shape index (κ2) is 12.0. The fourth-order valence-corrected chi connectivity index (χ4v) is 3.88. The molecule has 3 rings (SSSR count). The van der Waals surface area contributed by atoms with Crippen LogP contribution in [0.5, 0.6) is 0 Å². The number of ether oxygens (including phenoxy) is 3. The minimum absolute atomic E-state index is 0.0564. The molecule has 222 valence electrons. The van der Waals surface area contributed by atoms with E-state index in [0.29, 0.717) is 10.8 Å². The Hall–Kier alpha value is -3.69. The van der Waals surface area contributed by atoms with Gasteiger partial charge in [0.05, 0.1) is 11.5 Å². The van der Waals surface area contributed by atoms with E-state index in [4.69, 9.17) is 14.2 Å². The van der Waals surface area contributed by atoms with Crippen LogP contribution in [-0.4, -0.2) is 46.4 Å². The summed E-state index contributed by atoms with van der Waals surface area (Å²) in [6.45, 7) is 10.3. The van der Waals surface area contributed by atoms with Crippen molar-refractivity contribution in [2.75, 3.05) is 13.2 Å². The molecule has 1 saturated heterocycles. The molecule has 0 saturated carbocycles. The quantitative estimate of drug-likeness (QED) is 0.377. The number of alkyl halides is 3. The molecule has 0 unspecified atom stereocenters. The van der Waals surface area contributed by atoms with Gasteiger partial charge in [0.25, 0.3) is 11.5 Å². The van der Waals surface area contributed by atoms with E-state index in [1.807, 2.05) is 20.8 Å². The van der Waals surface area contributed by atoms with Gasteiger partial charge in [0.2, 0.25) is 0 Å². The third-order valence-electron chi connectivity index (χ3n) is 5.96. The van der Waals surface area contributed by atoms with Crippen LogP contribution in [0, 0.1) is 22.7 Å². The summed E-state index contributed by atoms with van der Waals surface area (Å²) in [5, 5.41) is 0. The lowest BCUT2D eigenvalue weighted by atomic mass is 9.97. The van der Waals surface area contributed by atoms with Crippen LogP contribution in [0.3, 0.4) is 0 Å². The van der Waals surface area contributed by atoms with Crippen molar-refractivity contribution >= 4 is 11.9 Å². The van der Waals surface area contributed by atoms with Crippen LogP contribution in [0.25, 0.3) is 0 Å². The Bertz CT molecular complexity index is 1450. The maximum absolute atomic E-state index is 13.9. The van der Waals surface area contributed by atoms with E-state index in [0.717, 1.165) is 0 Å². The summed E-state index contributed by atoms with van der Waals surface area (Å²) in [7, 11) is 0. The molecule has 1 aliphatic heterocycles. The molecule has 41 heavy (non-hydrogen) atoms. The number of nitrogens with zero attached hydrogens (tertiary/aromatic N) is 2. The SMILES string of the molecule is CC(C)(C)C#CCO[C@H]1C[C@H](n2cc(C(F)(F)F)c(=O)n(C(=O)c3ccccc3)c2=O)O[C@@H]1COC(=O)C(C)(C)C. The molecule has 2 heterocycles. The van der Waals surface area contributed by atoms with E-state index < -0.39 is 58.7 Å². The van der Waals surface area contributed by atoms with Gasteiger partial charge >= 0.3 is 17.8 Å². The first-order valence-electron chi connectivity index (χ1n) is 12.9. The van der Waals surface area contributed by atoms with Crippen molar-refractivity contribution in [3.05, 3.63) is 68.5 Å².